The number of aromatic nitrogens is 2. The lowest BCUT2D eigenvalue weighted by Gasteiger charge is -2.06. The van der Waals surface area contributed by atoms with E-state index in [2.05, 4.69) is 15.3 Å². The summed E-state index contributed by atoms with van der Waals surface area (Å²) >= 11 is 0. The molecule has 0 bridgehead atoms. The third kappa shape index (κ3) is 3.14. The smallest absolute Gasteiger partial charge is 0.226 e. The standard InChI is InChI=1S/C15H13N3O2/c1-2-4-13(5-3-1)20-14-6-8-16-15(18-14)17-10-12-7-9-19-11-12/h1-9,11H,10H2,(H,16,17,18). The molecule has 5 nitrogen and oxygen atoms in total. The van der Waals surface area contributed by atoms with E-state index in [0.717, 1.165) is 11.3 Å². The van der Waals surface area contributed by atoms with Crippen molar-refractivity contribution in [3.63, 3.8) is 0 Å². The number of nitrogens with zero attached hydrogens (tertiary/aromatic N) is 2. The van der Waals surface area contributed by atoms with Gasteiger partial charge in [-0.2, -0.15) is 4.98 Å². The molecule has 5 heteroatoms. The van der Waals surface area contributed by atoms with Gasteiger partial charge in [0.1, 0.15) is 5.75 Å². The highest BCUT2D eigenvalue weighted by atomic mass is 16.5. The lowest BCUT2D eigenvalue weighted by atomic mass is 10.3. The molecule has 0 spiro atoms. The minimum absolute atomic E-state index is 0.501. The van der Waals surface area contributed by atoms with Gasteiger partial charge in [0.15, 0.2) is 0 Å². The summed E-state index contributed by atoms with van der Waals surface area (Å²) in [6.07, 6.45) is 4.97. The Morgan fingerprint density at radius 1 is 1.10 bits per heavy atom. The Bertz CT molecular complexity index is 654. The van der Waals surface area contributed by atoms with E-state index < -0.39 is 0 Å². The van der Waals surface area contributed by atoms with Crippen molar-refractivity contribution in [3.8, 4) is 11.6 Å². The summed E-state index contributed by atoms with van der Waals surface area (Å²) in [5.74, 6) is 1.76. The molecule has 2 heterocycles. The lowest BCUT2D eigenvalue weighted by Crippen LogP contribution is -2.03. The van der Waals surface area contributed by atoms with E-state index >= 15 is 0 Å². The van der Waals surface area contributed by atoms with Crippen molar-refractivity contribution >= 4 is 5.95 Å². The summed E-state index contributed by atoms with van der Waals surface area (Å²) in [4.78, 5) is 8.44. The number of hydrogen-bond acceptors (Lipinski definition) is 5. The van der Waals surface area contributed by atoms with E-state index in [-0.39, 0.29) is 0 Å². The fraction of sp³-hybridized carbons (Fsp3) is 0.0667. The van der Waals surface area contributed by atoms with Crippen molar-refractivity contribution in [2.45, 2.75) is 6.54 Å². The lowest BCUT2D eigenvalue weighted by molar-refractivity contribution is 0.462. The molecule has 0 aliphatic rings. The molecule has 1 N–H and O–H groups in total. The van der Waals surface area contributed by atoms with Crippen LogP contribution in [0.1, 0.15) is 5.56 Å². The molecule has 20 heavy (non-hydrogen) atoms. The SMILES string of the molecule is c1ccc(Oc2ccnc(NCc3ccoc3)n2)cc1. The first-order chi connectivity index (χ1) is 9.90. The van der Waals surface area contributed by atoms with Gasteiger partial charge in [-0.25, -0.2) is 4.98 Å². The molecule has 3 aromatic rings. The molecule has 0 radical (unpaired) electrons. The predicted molar refractivity (Wildman–Crippen MR) is 74.6 cm³/mol. The van der Waals surface area contributed by atoms with Gasteiger partial charge in [-0.3, -0.25) is 0 Å². The third-order valence-corrected chi connectivity index (χ3v) is 2.63. The van der Waals surface area contributed by atoms with E-state index in [1.165, 1.54) is 0 Å². The summed E-state index contributed by atoms with van der Waals surface area (Å²) in [6.45, 7) is 0.602. The summed E-state index contributed by atoms with van der Waals surface area (Å²) < 4.78 is 10.6. The van der Waals surface area contributed by atoms with Crippen LogP contribution in [0, 0.1) is 0 Å². The van der Waals surface area contributed by atoms with Gasteiger partial charge in [-0.1, -0.05) is 18.2 Å². The van der Waals surface area contributed by atoms with Gasteiger partial charge < -0.3 is 14.5 Å². The number of nitrogens with one attached hydrogen (secondary N) is 1. The van der Waals surface area contributed by atoms with Gasteiger partial charge in [0.05, 0.1) is 12.5 Å². The highest BCUT2D eigenvalue weighted by molar-refractivity contribution is 5.32. The fourth-order valence-electron chi connectivity index (χ4n) is 1.67. The maximum absolute atomic E-state index is 5.65. The van der Waals surface area contributed by atoms with E-state index in [1.807, 2.05) is 36.4 Å². The maximum Gasteiger partial charge on any atom is 0.226 e. The van der Waals surface area contributed by atoms with Crippen molar-refractivity contribution in [1.82, 2.24) is 9.97 Å². The topological polar surface area (TPSA) is 60.2 Å². The average Bonchev–Trinajstić information content (AvgIpc) is 3.00. The summed E-state index contributed by atoms with van der Waals surface area (Å²) in [7, 11) is 0. The van der Waals surface area contributed by atoms with Gasteiger partial charge in [0.2, 0.25) is 11.8 Å². The Morgan fingerprint density at radius 3 is 2.80 bits per heavy atom. The first-order valence-electron chi connectivity index (χ1n) is 6.21. The normalized spacial score (nSPS) is 10.2. The van der Waals surface area contributed by atoms with Gasteiger partial charge >= 0.3 is 0 Å². The van der Waals surface area contributed by atoms with Crippen LogP contribution >= 0.6 is 0 Å². The Kier molecular flexibility index (Phi) is 3.59. The maximum atomic E-state index is 5.65. The van der Waals surface area contributed by atoms with Gasteiger partial charge in [-0.05, 0) is 18.2 Å². The molecule has 0 fully saturated rings. The van der Waals surface area contributed by atoms with Gasteiger partial charge in [0.25, 0.3) is 0 Å². The molecule has 0 atom stereocenters. The van der Waals surface area contributed by atoms with E-state index in [9.17, 15) is 0 Å². The molecule has 0 unspecified atom stereocenters. The van der Waals surface area contributed by atoms with Crippen LogP contribution in [0.4, 0.5) is 5.95 Å². The van der Waals surface area contributed by atoms with Crippen molar-refractivity contribution in [2.24, 2.45) is 0 Å². The number of benzene rings is 1. The van der Waals surface area contributed by atoms with Crippen molar-refractivity contribution in [2.75, 3.05) is 5.32 Å². The molecule has 0 aliphatic carbocycles. The van der Waals surface area contributed by atoms with Crippen LogP contribution in [0.5, 0.6) is 11.6 Å². The zero-order chi connectivity index (χ0) is 13.6. The Hall–Kier alpha value is -2.82. The summed E-state index contributed by atoms with van der Waals surface area (Å²) in [5.41, 5.74) is 1.03. The molecule has 100 valence electrons. The van der Waals surface area contributed by atoms with E-state index in [4.69, 9.17) is 9.15 Å². The molecular weight excluding hydrogens is 254 g/mol. The second-order valence-electron chi connectivity index (χ2n) is 4.12. The largest absolute Gasteiger partial charge is 0.472 e. The molecule has 0 saturated carbocycles. The first-order valence-corrected chi connectivity index (χ1v) is 6.21. The highest BCUT2D eigenvalue weighted by Gasteiger charge is 2.02. The number of rotatable bonds is 5. The molecule has 2 aromatic heterocycles. The van der Waals surface area contributed by atoms with Crippen molar-refractivity contribution < 1.29 is 9.15 Å². The molecule has 0 saturated heterocycles. The van der Waals surface area contributed by atoms with E-state index in [1.54, 1.807) is 24.8 Å². The molecule has 1 aromatic carbocycles. The minimum Gasteiger partial charge on any atom is -0.472 e. The van der Waals surface area contributed by atoms with Crippen LogP contribution in [0.25, 0.3) is 0 Å². The van der Waals surface area contributed by atoms with Crippen LogP contribution in [-0.2, 0) is 6.54 Å². The molecule has 0 aliphatic heterocycles. The van der Waals surface area contributed by atoms with Crippen LogP contribution in [-0.4, -0.2) is 9.97 Å². The number of furan rings is 1. The van der Waals surface area contributed by atoms with Crippen molar-refractivity contribution in [3.05, 3.63) is 66.8 Å². The van der Waals surface area contributed by atoms with Gasteiger partial charge in [-0.15, -0.1) is 0 Å². The van der Waals surface area contributed by atoms with Crippen LogP contribution < -0.4 is 10.1 Å². The molecular formula is C15H13N3O2. The summed E-state index contributed by atoms with van der Waals surface area (Å²) in [6, 6.07) is 13.1. The zero-order valence-electron chi connectivity index (χ0n) is 10.7. The van der Waals surface area contributed by atoms with Crippen LogP contribution in [0.3, 0.4) is 0 Å². The van der Waals surface area contributed by atoms with Crippen LogP contribution in [0.15, 0.2) is 65.6 Å². The number of hydrogen-bond donors (Lipinski definition) is 1. The zero-order valence-corrected chi connectivity index (χ0v) is 10.7. The monoisotopic (exact) mass is 267 g/mol. The van der Waals surface area contributed by atoms with E-state index in [0.29, 0.717) is 18.4 Å². The summed E-state index contributed by atoms with van der Waals surface area (Å²) in [5, 5.41) is 3.11. The number of anilines is 1. The number of para-hydroxylation sites is 1. The minimum atomic E-state index is 0.501. The predicted octanol–water partition coefficient (Wildman–Crippen LogP) is 3.47. The second kappa shape index (κ2) is 5.88. The van der Waals surface area contributed by atoms with Crippen LogP contribution in [0.2, 0.25) is 0 Å². The van der Waals surface area contributed by atoms with Gasteiger partial charge in [0, 0.05) is 24.4 Å². The molecule has 0 amide bonds. The highest BCUT2D eigenvalue weighted by Crippen LogP contribution is 2.19. The van der Waals surface area contributed by atoms with Crippen molar-refractivity contribution in [1.29, 1.82) is 0 Å². The number of ether oxygens (including phenoxy) is 1. The third-order valence-electron chi connectivity index (χ3n) is 2.63. The second-order valence-corrected chi connectivity index (χ2v) is 4.12. The molecule has 3 rings (SSSR count). The average molecular weight is 267 g/mol. The fourth-order valence-corrected chi connectivity index (χ4v) is 1.67. The quantitative estimate of drug-likeness (QED) is 0.767. The Labute approximate surface area is 116 Å². The Morgan fingerprint density at radius 2 is 2.00 bits per heavy atom. The first kappa shape index (κ1) is 12.2. The Balaban J connectivity index is 1.66.